The number of carbonyl (C=O) groups excluding carboxylic acids is 1. The Labute approximate surface area is 128 Å². The standard InChI is InChI=1S/C16H18N4O2/c17-16(21)15-7-14(10-1-2-10)19-20(15)11-3-5-12(6-4-11)22-13-8-18-9-13/h3-7,10,13,18H,1-2,8-9H2,(H2,17,21). The first-order chi connectivity index (χ1) is 10.7. The van der Waals surface area contributed by atoms with Crippen molar-refractivity contribution in [3.8, 4) is 11.4 Å². The molecule has 1 saturated heterocycles. The van der Waals surface area contributed by atoms with Gasteiger partial charge in [0.05, 0.1) is 11.4 Å². The van der Waals surface area contributed by atoms with Crippen molar-refractivity contribution in [2.45, 2.75) is 24.9 Å². The third-order valence-electron chi connectivity index (χ3n) is 4.10. The van der Waals surface area contributed by atoms with Crippen LogP contribution in [0, 0.1) is 0 Å². The highest BCUT2D eigenvalue weighted by Gasteiger charge is 2.28. The van der Waals surface area contributed by atoms with Crippen LogP contribution in [0.15, 0.2) is 30.3 Å². The molecule has 1 aromatic heterocycles. The molecule has 114 valence electrons. The van der Waals surface area contributed by atoms with Crippen LogP contribution in [0.4, 0.5) is 0 Å². The van der Waals surface area contributed by atoms with Gasteiger partial charge in [-0.15, -0.1) is 0 Å². The molecule has 2 heterocycles. The molecule has 2 fully saturated rings. The lowest BCUT2D eigenvalue weighted by Gasteiger charge is -2.27. The van der Waals surface area contributed by atoms with Crippen LogP contribution in [0.25, 0.3) is 5.69 Å². The molecule has 0 radical (unpaired) electrons. The maximum absolute atomic E-state index is 11.6. The van der Waals surface area contributed by atoms with E-state index in [2.05, 4.69) is 10.4 Å². The third-order valence-corrected chi connectivity index (χ3v) is 4.10. The summed E-state index contributed by atoms with van der Waals surface area (Å²) in [5.41, 5.74) is 7.68. The minimum Gasteiger partial charge on any atom is -0.488 e. The van der Waals surface area contributed by atoms with Crippen LogP contribution < -0.4 is 15.8 Å². The highest BCUT2D eigenvalue weighted by molar-refractivity contribution is 5.91. The predicted octanol–water partition coefficient (Wildman–Crippen LogP) is 1.20. The smallest absolute Gasteiger partial charge is 0.267 e. The van der Waals surface area contributed by atoms with Crippen molar-refractivity contribution in [1.82, 2.24) is 15.1 Å². The summed E-state index contributed by atoms with van der Waals surface area (Å²) in [7, 11) is 0. The molecule has 1 aromatic carbocycles. The largest absolute Gasteiger partial charge is 0.488 e. The highest BCUT2D eigenvalue weighted by Crippen LogP contribution is 2.39. The van der Waals surface area contributed by atoms with Gasteiger partial charge in [0.25, 0.3) is 5.91 Å². The van der Waals surface area contributed by atoms with Crippen molar-refractivity contribution in [1.29, 1.82) is 0 Å². The van der Waals surface area contributed by atoms with Crippen LogP contribution in [0.5, 0.6) is 5.75 Å². The lowest BCUT2D eigenvalue weighted by Crippen LogP contribution is -2.50. The highest BCUT2D eigenvalue weighted by atomic mass is 16.5. The number of nitrogens with one attached hydrogen (secondary N) is 1. The molecular formula is C16H18N4O2. The monoisotopic (exact) mass is 298 g/mol. The van der Waals surface area contributed by atoms with Crippen LogP contribution in [-0.2, 0) is 0 Å². The maximum atomic E-state index is 11.6. The Morgan fingerprint density at radius 3 is 2.55 bits per heavy atom. The number of hydrogen-bond acceptors (Lipinski definition) is 4. The molecule has 6 nitrogen and oxygen atoms in total. The number of nitrogens with zero attached hydrogens (tertiary/aromatic N) is 2. The summed E-state index contributed by atoms with van der Waals surface area (Å²) in [5.74, 6) is 0.846. The fourth-order valence-corrected chi connectivity index (χ4v) is 2.55. The van der Waals surface area contributed by atoms with Crippen molar-refractivity contribution < 1.29 is 9.53 Å². The summed E-state index contributed by atoms with van der Waals surface area (Å²) in [6.07, 6.45) is 2.52. The lowest BCUT2D eigenvalue weighted by molar-refractivity contribution is 0.0993. The number of nitrogens with two attached hydrogens (primary N) is 1. The maximum Gasteiger partial charge on any atom is 0.267 e. The summed E-state index contributed by atoms with van der Waals surface area (Å²) >= 11 is 0. The Morgan fingerprint density at radius 2 is 2.00 bits per heavy atom. The van der Waals surface area contributed by atoms with E-state index in [0.29, 0.717) is 11.6 Å². The van der Waals surface area contributed by atoms with E-state index in [1.54, 1.807) is 4.68 Å². The van der Waals surface area contributed by atoms with E-state index in [1.165, 1.54) is 0 Å². The molecule has 0 unspecified atom stereocenters. The third kappa shape index (κ3) is 2.46. The molecule has 22 heavy (non-hydrogen) atoms. The fraction of sp³-hybridized carbons (Fsp3) is 0.375. The van der Waals surface area contributed by atoms with Crippen LogP contribution >= 0.6 is 0 Å². The quantitative estimate of drug-likeness (QED) is 0.869. The van der Waals surface area contributed by atoms with E-state index in [1.807, 2.05) is 30.3 Å². The van der Waals surface area contributed by atoms with Gasteiger partial charge < -0.3 is 15.8 Å². The number of carbonyl (C=O) groups is 1. The first kappa shape index (κ1) is 13.3. The van der Waals surface area contributed by atoms with Gasteiger partial charge in [0, 0.05) is 19.0 Å². The van der Waals surface area contributed by atoms with Crippen LogP contribution in [0.3, 0.4) is 0 Å². The van der Waals surface area contributed by atoms with Crippen LogP contribution in [-0.4, -0.2) is 34.9 Å². The molecule has 1 saturated carbocycles. The van der Waals surface area contributed by atoms with Crippen molar-refractivity contribution in [2.75, 3.05) is 13.1 Å². The van der Waals surface area contributed by atoms with Gasteiger partial charge in [-0.05, 0) is 43.2 Å². The number of rotatable bonds is 5. The Bertz CT molecular complexity index is 699. The Balaban J connectivity index is 1.61. The van der Waals surface area contributed by atoms with Gasteiger partial charge in [-0.2, -0.15) is 5.10 Å². The second kappa shape index (κ2) is 5.14. The van der Waals surface area contributed by atoms with Crippen molar-refractivity contribution in [3.63, 3.8) is 0 Å². The first-order valence-corrected chi connectivity index (χ1v) is 7.58. The predicted molar refractivity (Wildman–Crippen MR) is 81.3 cm³/mol. The Morgan fingerprint density at radius 1 is 1.27 bits per heavy atom. The van der Waals surface area contributed by atoms with Gasteiger partial charge in [-0.1, -0.05) is 0 Å². The van der Waals surface area contributed by atoms with E-state index in [-0.39, 0.29) is 6.10 Å². The number of primary amides is 1. The number of benzene rings is 1. The second-order valence-electron chi connectivity index (χ2n) is 5.90. The summed E-state index contributed by atoms with van der Waals surface area (Å²) < 4.78 is 7.42. The van der Waals surface area contributed by atoms with Gasteiger partial charge >= 0.3 is 0 Å². The van der Waals surface area contributed by atoms with Crippen LogP contribution in [0.1, 0.15) is 34.9 Å². The zero-order valence-corrected chi connectivity index (χ0v) is 12.2. The van der Waals surface area contributed by atoms with E-state index < -0.39 is 5.91 Å². The molecule has 1 aliphatic heterocycles. The molecule has 1 amide bonds. The number of ether oxygens (including phenoxy) is 1. The molecule has 3 N–H and O–H groups in total. The number of aromatic nitrogens is 2. The summed E-state index contributed by atoms with van der Waals surface area (Å²) in [6, 6.07) is 9.41. The molecule has 0 spiro atoms. The molecular weight excluding hydrogens is 280 g/mol. The minimum absolute atomic E-state index is 0.248. The fourth-order valence-electron chi connectivity index (χ4n) is 2.55. The summed E-state index contributed by atoms with van der Waals surface area (Å²) in [5, 5.41) is 7.71. The van der Waals surface area contributed by atoms with E-state index in [9.17, 15) is 4.79 Å². The zero-order chi connectivity index (χ0) is 15.1. The summed E-state index contributed by atoms with van der Waals surface area (Å²) in [6.45, 7) is 1.77. The molecule has 6 heteroatoms. The molecule has 0 atom stereocenters. The van der Waals surface area contributed by atoms with Crippen molar-refractivity contribution >= 4 is 5.91 Å². The number of hydrogen-bond donors (Lipinski definition) is 2. The average Bonchev–Trinajstić information content (AvgIpc) is 3.22. The topological polar surface area (TPSA) is 82.2 Å². The molecule has 4 rings (SSSR count). The molecule has 0 bridgehead atoms. The lowest BCUT2D eigenvalue weighted by atomic mass is 10.2. The average molecular weight is 298 g/mol. The Hall–Kier alpha value is -2.34. The zero-order valence-electron chi connectivity index (χ0n) is 12.2. The SMILES string of the molecule is NC(=O)c1cc(C2CC2)nn1-c1ccc(OC2CNC2)cc1. The van der Waals surface area contributed by atoms with E-state index >= 15 is 0 Å². The normalized spacial score (nSPS) is 18.0. The molecule has 2 aliphatic rings. The second-order valence-corrected chi connectivity index (χ2v) is 5.90. The van der Waals surface area contributed by atoms with Crippen molar-refractivity contribution in [2.24, 2.45) is 5.73 Å². The minimum atomic E-state index is -0.458. The summed E-state index contributed by atoms with van der Waals surface area (Å²) in [4.78, 5) is 11.6. The van der Waals surface area contributed by atoms with Crippen molar-refractivity contribution in [3.05, 3.63) is 41.7 Å². The molecule has 2 aromatic rings. The first-order valence-electron chi connectivity index (χ1n) is 7.58. The van der Waals surface area contributed by atoms with Gasteiger partial charge in [0.15, 0.2) is 0 Å². The van der Waals surface area contributed by atoms with E-state index in [0.717, 1.165) is 43.1 Å². The van der Waals surface area contributed by atoms with Gasteiger partial charge in [0.2, 0.25) is 0 Å². The Kier molecular flexibility index (Phi) is 3.11. The van der Waals surface area contributed by atoms with Gasteiger partial charge in [-0.25, -0.2) is 4.68 Å². The van der Waals surface area contributed by atoms with E-state index in [4.69, 9.17) is 10.5 Å². The van der Waals surface area contributed by atoms with Crippen LogP contribution in [0.2, 0.25) is 0 Å². The van der Waals surface area contributed by atoms with Gasteiger partial charge in [-0.3, -0.25) is 4.79 Å². The molecule has 1 aliphatic carbocycles. The number of amides is 1. The van der Waals surface area contributed by atoms with Gasteiger partial charge in [0.1, 0.15) is 17.5 Å².